The van der Waals surface area contributed by atoms with Gasteiger partial charge in [-0.15, -0.1) is 11.3 Å². The minimum atomic E-state index is -0.127. The van der Waals surface area contributed by atoms with E-state index < -0.39 is 0 Å². The maximum atomic E-state index is 11.6. The van der Waals surface area contributed by atoms with Crippen LogP contribution in [0.1, 0.15) is 22.4 Å². The standard InChI is InChI=1S/C11H13N3O2S/c12-5-8-7-1-3-14(10(16)2-4-15)6-9(7)17-11(8)13/h15H,1-4,6,13H2. The Kier molecular flexibility index (Phi) is 3.31. The van der Waals surface area contributed by atoms with Crippen LogP contribution in [0.15, 0.2) is 0 Å². The fraction of sp³-hybridized carbons (Fsp3) is 0.455. The number of nitrogen functional groups attached to an aromatic ring is 1. The summed E-state index contributed by atoms with van der Waals surface area (Å²) in [5.74, 6) is -0.0522. The Balaban J connectivity index is 2.21. The second kappa shape index (κ2) is 4.73. The van der Waals surface area contributed by atoms with Gasteiger partial charge < -0.3 is 15.7 Å². The highest BCUT2D eigenvalue weighted by molar-refractivity contribution is 7.16. The first-order valence-electron chi connectivity index (χ1n) is 5.36. The highest BCUT2D eigenvalue weighted by Gasteiger charge is 2.25. The molecular formula is C11H13N3O2S. The van der Waals surface area contributed by atoms with Gasteiger partial charge in [-0.25, -0.2) is 0 Å². The van der Waals surface area contributed by atoms with Crippen molar-refractivity contribution >= 4 is 22.2 Å². The lowest BCUT2D eigenvalue weighted by molar-refractivity contribution is -0.132. The lowest BCUT2D eigenvalue weighted by Gasteiger charge is -2.26. The predicted molar refractivity (Wildman–Crippen MR) is 64.3 cm³/mol. The molecule has 0 unspecified atom stereocenters. The first kappa shape index (κ1) is 11.9. The van der Waals surface area contributed by atoms with Crippen LogP contribution in [-0.2, 0) is 17.8 Å². The molecule has 6 heteroatoms. The average Bonchev–Trinajstić information content (AvgIpc) is 2.63. The summed E-state index contributed by atoms with van der Waals surface area (Å²) in [5.41, 5.74) is 7.32. The van der Waals surface area contributed by atoms with Gasteiger partial charge in [-0.2, -0.15) is 5.26 Å². The third-order valence-electron chi connectivity index (χ3n) is 2.87. The van der Waals surface area contributed by atoms with Gasteiger partial charge in [0.15, 0.2) is 0 Å². The number of fused-ring (bicyclic) bond motifs is 1. The Hall–Kier alpha value is -1.58. The first-order valence-corrected chi connectivity index (χ1v) is 6.17. The molecule has 1 aliphatic heterocycles. The minimum absolute atomic E-state index is 0.0522. The molecule has 0 spiro atoms. The molecule has 2 heterocycles. The summed E-state index contributed by atoms with van der Waals surface area (Å²) in [5, 5.41) is 18.3. The molecule has 0 bridgehead atoms. The third-order valence-corrected chi connectivity index (χ3v) is 3.92. The van der Waals surface area contributed by atoms with Gasteiger partial charge in [-0.3, -0.25) is 4.79 Å². The number of anilines is 1. The van der Waals surface area contributed by atoms with Crippen LogP contribution in [0, 0.1) is 11.3 Å². The van der Waals surface area contributed by atoms with E-state index in [9.17, 15) is 4.79 Å². The Labute approximate surface area is 103 Å². The molecule has 3 N–H and O–H groups in total. The maximum Gasteiger partial charge on any atom is 0.225 e. The van der Waals surface area contributed by atoms with Crippen molar-refractivity contribution in [2.45, 2.75) is 19.4 Å². The number of thiophene rings is 1. The van der Waals surface area contributed by atoms with Crippen molar-refractivity contribution in [1.82, 2.24) is 4.90 Å². The molecule has 0 atom stereocenters. The number of nitrogens with zero attached hydrogens (tertiary/aromatic N) is 2. The van der Waals surface area contributed by atoms with Gasteiger partial charge in [-0.1, -0.05) is 0 Å². The quantitative estimate of drug-likeness (QED) is 0.799. The monoisotopic (exact) mass is 251 g/mol. The predicted octanol–water partition coefficient (Wildman–Crippen LogP) is 0.469. The number of nitriles is 1. The van der Waals surface area contributed by atoms with E-state index in [-0.39, 0.29) is 18.9 Å². The molecule has 90 valence electrons. The maximum absolute atomic E-state index is 11.6. The lowest BCUT2D eigenvalue weighted by atomic mass is 10.0. The van der Waals surface area contributed by atoms with Gasteiger partial charge in [0.1, 0.15) is 11.1 Å². The summed E-state index contributed by atoms with van der Waals surface area (Å²) in [6.45, 7) is 0.972. The number of aliphatic hydroxyl groups is 1. The van der Waals surface area contributed by atoms with Crippen LogP contribution in [0.3, 0.4) is 0 Å². The minimum Gasteiger partial charge on any atom is -0.396 e. The zero-order valence-corrected chi connectivity index (χ0v) is 10.1. The zero-order chi connectivity index (χ0) is 12.4. The van der Waals surface area contributed by atoms with Crippen molar-refractivity contribution in [3.63, 3.8) is 0 Å². The second-order valence-electron chi connectivity index (χ2n) is 3.89. The molecule has 0 saturated carbocycles. The van der Waals surface area contributed by atoms with Crippen molar-refractivity contribution in [2.75, 3.05) is 18.9 Å². The third kappa shape index (κ3) is 2.12. The van der Waals surface area contributed by atoms with Gasteiger partial charge in [0.2, 0.25) is 5.91 Å². The van der Waals surface area contributed by atoms with Gasteiger partial charge in [0.05, 0.1) is 18.7 Å². The normalized spacial score (nSPS) is 14.2. The number of carbonyl (C=O) groups is 1. The second-order valence-corrected chi connectivity index (χ2v) is 5.03. The van der Waals surface area contributed by atoms with Gasteiger partial charge in [0.25, 0.3) is 0 Å². The Bertz CT molecular complexity index is 490. The van der Waals surface area contributed by atoms with Crippen LogP contribution in [-0.4, -0.2) is 29.1 Å². The van der Waals surface area contributed by atoms with Crippen LogP contribution in [0.25, 0.3) is 0 Å². The Morgan fingerprint density at radius 2 is 2.41 bits per heavy atom. The van der Waals surface area contributed by atoms with Crippen LogP contribution >= 0.6 is 11.3 Å². The van der Waals surface area contributed by atoms with E-state index in [1.807, 2.05) is 0 Å². The van der Waals surface area contributed by atoms with E-state index in [2.05, 4.69) is 6.07 Å². The van der Waals surface area contributed by atoms with E-state index in [0.29, 0.717) is 30.1 Å². The molecule has 2 rings (SSSR count). The highest BCUT2D eigenvalue weighted by Crippen LogP contribution is 2.34. The number of hydrogen-bond donors (Lipinski definition) is 2. The van der Waals surface area contributed by atoms with Crippen molar-refractivity contribution in [3.05, 3.63) is 16.0 Å². The average molecular weight is 251 g/mol. The molecule has 17 heavy (non-hydrogen) atoms. The van der Waals surface area contributed by atoms with Crippen molar-refractivity contribution in [2.24, 2.45) is 0 Å². The molecule has 0 aromatic carbocycles. The summed E-state index contributed by atoms with van der Waals surface area (Å²) in [6, 6.07) is 2.11. The summed E-state index contributed by atoms with van der Waals surface area (Å²) in [6.07, 6.45) is 0.824. The molecule has 1 aliphatic rings. The van der Waals surface area contributed by atoms with Crippen molar-refractivity contribution in [1.29, 1.82) is 5.26 Å². The van der Waals surface area contributed by atoms with E-state index in [1.54, 1.807) is 4.90 Å². The SMILES string of the molecule is N#Cc1c(N)sc2c1CCN(C(=O)CCO)C2. The van der Waals surface area contributed by atoms with E-state index >= 15 is 0 Å². The summed E-state index contributed by atoms with van der Waals surface area (Å²) in [7, 11) is 0. The Morgan fingerprint density at radius 1 is 1.65 bits per heavy atom. The molecule has 0 fully saturated rings. The van der Waals surface area contributed by atoms with Gasteiger partial charge >= 0.3 is 0 Å². The highest BCUT2D eigenvalue weighted by atomic mass is 32.1. The van der Waals surface area contributed by atoms with Gasteiger partial charge in [0, 0.05) is 17.8 Å². The molecule has 0 saturated heterocycles. The molecule has 0 aliphatic carbocycles. The largest absolute Gasteiger partial charge is 0.396 e. The number of rotatable bonds is 2. The molecule has 1 amide bonds. The van der Waals surface area contributed by atoms with Crippen LogP contribution < -0.4 is 5.73 Å². The van der Waals surface area contributed by atoms with E-state index in [4.69, 9.17) is 16.1 Å². The van der Waals surface area contributed by atoms with Crippen molar-refractivity contribution < 1.29 is 9.90 Å². The topological polar surface area (TPSA) is 90.4 Å². The van der Waals surface area contributed by atoms with Gasteiger partial charge in [-0.05, 0) is 12.0 Å². The molecule has 0 radical (unpaired) electrons. The number of hydrogen-bond acceptors (Lipinski definition) is 5. The summed E-state index contributed by atoms with van der Waals surface area (Å²) < 4.78 is 0. The number of carbonyl (C=O) groups excluding carboxylic acids is 1. The molecular weight excluding hydrogens is 238 g/mol. The molecule has 1 aromatic heterocycles. The van der Waals surface area contributed by atoms with E-state index in [0.717, 1.165) is 10.4 Å². The van der Waals surface area contributed by atoms with Crippen LogP contribution in [0.4, 0.5) is 5.00 Å². The summed E-state index contributed by atoms with van der Waals surface area (Å²) >= 11 is 1.38. The van der Waals surface area contributed by atoms with E-state index in [1.165, 1.54) is 11.3 Å². The smallest absolute Gasteiger partial charge is 0.225 e. The fourth-order valence-corrected chi connectivity index (χ4v) is 3.10. The molecule has 1 aromatic rings. The number of nitrogens with two attached hydrogens (primary N) is 1. The van der Waals surface area contributed by atoms with Crippen LogP contribution in [0.2, 0.25) is 0 Å². The number of aliphatic hydroxyl groups excluding tert-OH is 1. The molecule has 5 nitrogen and oxygen atoms in total. The van der Waals surface area contributed by atoms with Crippen LogP contribution in [0.5, 0.6) is 0 Å². The Morgan fingerprint density at radius 3 is 3.06 bits per heavy atom. The summed E-state index contributed by atoms with van der Waals surface area (Å²) in [4.78, 5) is 14.3. The fourth-order valence-electron chi connectivity index (χ4n) is 2.01. The zero-order valence-electron chi connectivity index (χ0n) is 9.27. The van der Waals surface area contributed by atoms with Crippen molar-refractivity contribution in [3.8, 4) is 6.07 Å². The lowest BCUT2D eigenvalue weighted by Crippen LogP contribution is -2.35. The number of amides is 1. The first-order chi connectivity index (χ1) is 8.17.